The number of aromatic nitrogens is 2. The number of imidazole rings is 1. The summed E-state index contributed by atoms with van der Waals surface area (Å²) in [5.41, 5.74) is 2.60. The molecule has 0 unspecified atom stereocenters. The predicted octanol–water partition coefficient (Wildman–Crippen LogP) is 5.28. The number of nitrogens with zero attached hydrogens (tertiary/aromatic N) is 3. The first-order valence-corrected chi connectivity index (χ1v) is 11.8. The zero-order valence-electron chi connectivity index (χ0n) is 18.6. The number of aliphatic hydroxyl groups excluding tert-OH is 1. The van der Waals surface area contributed by atoms with Crippen molar-refractivity contribution in [3.63, 3.8) is 0 Å². The lowest BCUT2D eigenvalue weighted by atomic mass is 9.93. The van der Waals surface area contributed by atoms with Crippen molar-refractivity contribution in [2.45, 2.75) is 38.8 Å². The van der Waals surface area contributed by atoms with Crippen LogP contribution in [0.25, 0.3) is 5.76 Å². The number of hydrogen-bond donors (Lipinski definition) is 1. The fourth-order valence-corrected chi connectivity index (χ4v) is 4.39. The van der Waals surface area contributed by atoms with Crippen molar-refractivity contribution < 1.29 is 14.7 Å². The van der Waals surface area contributed by atoms with Gasteiger partial charge in [-0.15, -0.1) is 0 Å². The molecule has 33 heavy (non-hydrogen) atoms. The van der Waals surface area contributed by atoms with Crippen LogP contribution in [0.1, 0.15) is 48.9 Å². The molecule has 0 aliphatic carbocycles. The predicted molar refractivity (Wildman–Crippen MR) is 131 cm³/mol. The van der Waals surface area contributed by atoms with Crippen LogP contribution in [-0.4, -0.2) is 37.8 Å². The van der Waals surface area contributed by atoms with Gasteiger partial charge in [-0.1, -0.05) is 66.2 Å². The highest BCUT2D eigenvalue weighted by Gasteiger charge is 2.45. The molecule has 2 heterocycles. The molecule has 1 N–H and O–H groups in total. The van der Waals surface area contributed by atoms with Crippen LogP contribution >= 0.6 is 15.9 Å². The summed E-state index contributed by atoms with van der Waals surface area (Å²) in [6.07, 6.45) is 5.95. The number of carbonyl (C=O) groups is 2. The molecule has 6 nitrogen and oxygen atoms in total. The highest BCUT2D eigenvalue weighted by Crippen LogP contribution is 2.40. The van der Waals surface area contributed by atoms with Crippen LogP contribution in [0.5, 0.6) is 0 Å². The Hall–Kier alpha value is -3.19. The largest absolute Gasteiger partial charge is 0.507 e. The molecule has 1 amide bonds. The van der Waals surface area contributed by atoms with Crippen molar-refractivity contribution >= 4 is 33.4 Å². The van der Waals surface area contributed by atoms with Crippen LogP contribution in [0.2, 0.25) is 0 Å². The molecule has 7 heteroatoms. The third-order valence-corrected chi connectivity index (χ3v) is 6.48. The summed E-state index contributed by atoms with van der Waals surface area (Å²) >= 11 is 3.39. The molecule has 0 bridgehead atoms. The summed E-state index contributed by atoms with van der Waals surface area (Å²) in [5.74, 6) is -1.03. The van der Waals surface area contributed by atoms with E-state index in [4.69, 9.17) is 0 Å². The monoisotopic (exact) mass is 507 g/mol. The zero-order valence-corrected chi connectivity index (χ0v) is 20.2. The van der Waals surface area contributed by atoms with Gasteiger partial charge in [0.1, 0.15) is 5.76 Å². The van der Waals surface area contributed by atoms with Crippen LogP contribution in [0.4, 0.5) is 0 Å². The average Bonchev–Trinajstić information content (AvgIpc) is 3.41. The molecule has 3 aromatic rings. The Morgan fingerprint density at radius 1 is 1.06 bits per heavy atom. The first kappa shape index (κ1) is 23.0. The zero-order chi connectivity index (χ0) is 23.5. The number of halogens is 1. The van der Waals surface area contributed by atoms with Crippen molar-refractivity contribution in [1.29, 1.82) is 0 Å². The first-order valence-electron chi connectivity index (χ1n) is 11.0. The fraction of sp³-hybridized carbons (Fsp3) is 0.269. The number of amides is 1. The number of rotatable bonds is 7. The van der Waals surface area contributed by atoms with E-state index in [-0.39, 0.29) is 11.3 Å². The summed E-state index contributed by atoms with van der Waals surface area (Å²) in [6, 6.07) is 14.3. The number of benzene rings is 2. The smallest absolute Gasteiger partial charge is 0.295 e. The van der Waals surface area contributed by atoms with Gasteiger partial charge in [0.15, 0.2) is 0 Å². The van der Waals surface area contributed by atoms with E-state index in [0.29, 0.717) is 31.0 Å². The average molecular weight is 508 g/mol. The quantitative estimate of drug-likeness (QED) is 0.268. The van der Waals surface area contributed by atoms with Gasteiger partial charge in [-0.25, -0.2) is 4.98 Å². The van der Waals surface area contributed by atoms with E-state index in [1.54, 1.807) is 41.7 Å². The topological polar surface area (TPSA) is 75.4 Å². The number of aryl methyl sites for hydroxylation is 1. The lowest BCUT2D eigenvalue weighted by molar-refractivity contribution is -0.139. The molecular formula is C26H26BrN3O3. The van der Waals surface area contributed by atoms with Crippen molar-refractivity contribution in [2.75, 3.05) is 6.54 Å². The molecule has 1 aliphatic rings. The molecule has 170 valence electrons. The summed E-state index contributed by atoms with van der Waals surface area (Å²) in [5, 5.41) is 11.1. The maximum absolute atomic E-state index is 13.1. The third-order valence-electron chi connectivity index (χ3n) is 5.95. The normalized spacial score (nSPS) is 17.8. The molecule has 1 saturated heterocycles. The Morgan fingerprint density at radius 3 is 2.36 bits per heavy atom. The Bertz CT molecular complexity index is 1170. The Balaban J connectivity index is 1.73. The van der Waals surface area contributed by atoms with E-state index in [2.05, 4.69) is 34.8 Å². The van der Waals surface area contributed by atoms with Gasteiger partial charge in [0.2, 0.25) is 0 Å². The molecule has 1 atom stereocenters. The number of hydrogen-bond acceptors (Lipinski definition) is 4. The third kappa shape index (κ3) is 4.78. The highest BCUT2D eigenvalue weighted by molar-refractivity contribution is 9.10. The van der Waals surface area contributed by atoms with Crippen molar-refractivity contribution in [3.05, 3.63) is 94.0 Å². The molecule has 1 aliphatic heterocycles. The molecule has 1 fully saturated rings. The van der Waals surface area contributed by atoms with Crippen molar-refractivity contribution in [2.24, 2.45) is 0 Å². The number of likely N-dealkylation sites (tertiary alicyclic amines) is 1. The van der Waals surface area contributed by atoms with E-state index < -0.39 is 17.7 Å². The van der Waals surface area contributed by atoms with Gasteiger partial charge in [0.05, 0.1) is 17.9 Å². The van der Waals surface area contributed by atoms with Crippen molar-refractivity contribution in [3.8, 4) is 0 Å². The maximum Gasteiger partial charge on any atom is 0.295 e. The summed E-state index contributed by atoms with van der Waals surface area (Å²) < 4.78 is 2.80. The van der Waals surface area contributed by atoms with Gasteiger partial charge < -0.3 is 14.6 Å². The van der Waals surface area contributed by atoms with Crippen molar-refractivity contribution in [1.82, 2.24) is 14.5 Å². The summed E-state index contributed by atoms with van der Waals surface area (Å²) in [7, 11) is 0. The second-order valence-electron chi connectivity index (χ2n) is 8.47. The second-order valence-corrected chi connectivity index (χ2v) is 9.39. The summed E-state index contributed by atoms with van der Waals surface area (Å²) in [6.45, 7) is 5.29. The fourth-order valence-electron chi connectivity index (χ4n) is 4.13. The van der Waals surface area contributed by atoms with Crippen LogP contribution < -0.4 is 0 Å². The molecule has 0 radical (unpaired) electrons. The lowest BCUT2D eigenvalue weighted by Gasteiger charge is -2.25. The minimum Gasteiger partial charge on any atom is -0.507 e. The summed E-state index contributed by atoms with van der Waals surface area (Å²) in [4.78, 5) is 31.8. The van der Waals surface area contributed by atoms with Crippen LogP contribution in [0.3, 0.4) is 0 Å². The van der Waals surface area contributed by atoms with E-state index in [1.807, 2.05) is 35.0 Å². The van der Waals surface area contributed by atoms with Crippen LogP contribution in [0.15, 0.2) is 77.3 Å². The highest BCUT2D eigenvalue weighted by atomic mass is 79.9. The van der Waals surface area contributed by atoms with Crippen LogP contribution in [0, 0.1) is 0 Å². The molecule has 2 aromatic carbocycles. The SMILES string of the molecule is CC(C)c1ccc([C@H]2C(=C(O)c3ccc(Br)cc3)C(=O)C(=O)N2CCCn2ccnc2)cc1. The number of Topliss-reactive ketones (excluding diaryl/α,β-unsaturated/α-hetero) is 1. The molecule has 4 rings (SSSR count). The van der Waals surface area contributed by atoms with E-state index in [0.717, 1.165) is 10.0 Å². The molecule has 0 saturated carbocycles. The van der Waals surface area contributed by atoms with Gasteiger partial charge in [-0.05, 0) is 35.6 Å². The Morgan fingerprint density at radius 2 is 1.76 bits per heavy atom. The van der Waals surface area contributed by atoms with Crippen LogP contribution in [-0.2, 0) is 16.1 Å². The molecular weight excluding hydrogens is 482 g/mol. The number of ketones is 1. The van der Waals surface area contributed by atoms with E-state index >= 15 is 0 Å². The number of carbonyl (C=O) groups excluding carboxylic acids is 2. The van der Waals surface area contributed by atoms with E-state index in [1.165, 1.54) is 5.56 Å². The van der Waals surface area contributed by atoms with E-state index in [9.17, 15) is 14.7 Å². The van der Waals surface area contributed by atoms with Gasteiger partial charge in [-0.2, -0.15) is 0 Å². The molecule has 0 spiro atoms. The minimum atomic E-state index is -0.656. The lowest BCUT2D eigenvalue weighted by Crippen LogP contribution is -2.31. The maximum atomic E-state index is 13.1. The van der Waals surface area contributed by atoms with Gasteiger partial charge in [-0.3, -0.25) is 9.59 Å². The first-order chi connectivity index (χ1) is 15.9. The van der Waals surface area contributed by atoms with Gasteiger partial charge in [0.25, 0.3) is 11.7 Å². The second kappa shape index (κ2) is 9.75. The Labute approximate surface area is 201 Å². The minimum absolute atomic E-state index is 0.127. The van der Waals surface area contributed by atoms with Gasteiger partial charge >= 0.3 is 0 Å². The Kier molecular flexibility index (Phi) is 6.79. The molecule has 1 aromatic heterocycles. The van der Waals surface area contributed by atoms with Gasteiger partial charge in [0, 0.05) is 35.5 Å². The standard InChI is InChI=1S/C26H26BrN3O3/c1-17(2)18-4-6-19(7-5-18)23-22(24(31)20-8-10-21(27)11-9-20)25(32)26(33)30(23)14-3-13-29-15-12-28-16-29/h4-12,15-17,23,31H,3,13-14H2,1-2H3/t23-/m0/s1. The number of aliphatic hydroxyl groups is 1.